The van der Waals surface area contributed by atoms with Gasteiger partial charge in [0.05, 0.1) is 7.11 Å². The Kier molecular flexibility index (Phi) is 7.37. The fourth-order valence-corrected chi connectivity index (χ4v) is 2.15. The lowest BCUT2D eigenvalue weighted by atomic mass is 10.2. The van der Waals surface area contributed by atoms with Crippen molar-refractivity contribution in [1.29, 1.82) is 0 Å². The second kappa shape index (κ2) is 8.78. The highest BCUT2D eigenvalue weighted by Crippen LogP contribution is 2.29. The molecule has 0 spiro atoms. The van der Waals surface area contributed by atoms with Crippen LogP contribution in [0.4, 0.5) is 0 Å². The maximum atomic E-state index is 5.95. The van der Waals surface area contributed by atoms with Gasteiger partial charge in [-0.15, -0.1) is 12.4 Å². The Morgan fingerprint density at radius 3 is 2.52 bits per heavy atom. The zero-order chi connectivity index (χ0) is 14.4. The summed E-state index contributed by atoms with van der Waals surface area (Å²) in [5, 5.41) is 3.82. The normalized spacial score (nSPS) is 9.86. The molecule has 0 unspecified atom stereocenters. The number of halogens is 2. The van der Waals surface area contributed by atoms with Crippen LogP contribution in [0.5, 0.6) is 11.5 Å². The summed E-state index contributed by atoms with van der Waals surface area (Å²) in [6, 6.07) is 13.6. The van der Waals surface area contributed by atoms with Crippen LogP contribution in [0, 0.1) is 0 Å². The summed E-state index contributed by atoms with van der Waals surface area (Å²) in [6.45, 7) is 1.26. The molecule has 0 aliphatic heterocycles. The van der Waals surface area contributed by atoms with Gasteiger partial charge >= 0.3 is 0 Å². The highest BCUT2D eigenvalue weighted by atomic mass is 35.5. The Labute approximate surface area is 136 Å². The predicted molar refractivity (Wildman–Crippen MR) is 88.8 cm³/mol. The molecule has 3 nitrogen and oxygen atoms in total. The van der Waals surface area contributed by atoms with Gasteiger partial charge in [0, 0.05) is 11.6 Å². The first-order chi connectivity index (χ1) is 9.72. The van der Waals surface area contributed by atoms with Crippen LogP contribution in [0.2, 0.25) is 5.02 Å². The summed E-state index contributed by atoms with van der Waals surface area (Å²) in [7, 11) is 3.56. The van der Waals surface area contributed by atoms with E-state index in [4.69, 9.17) is 21.1 Å². The van der Waals surface area contributed by atoms with Gasteiger partial charge in [0.15, 0.2) is 11.5 Å². The Morgan fingerprint density at radius 1 is 1.05 bits per heavy atom. The zero-order valence-electron chi connectivity index (χ0n) is 12.1. The minimum Gasteiger partial charge on any atom is -0.493 e. The maximum absolute atomic E-state index is 5.95. The molecule has 0 bridgehead atoms. The molecule has 0 heterocycles. The average Bonchev–Trinajstić information content (AvgIpc) is 2.46. The summed E-state index contributed by atoms with van der Waals surface area (Å²) >= 11 is 5.95. The van der Waals surface area contributed by atoms with Crippen LogP contribution in [0.1, 0.15) is 11.1 Å². The van der Waals surface area contributed by atoms with Crippen molar-refractivity contribution in [1.82, 2.24) is 5.32 Å². The maximum Gasteiger partial charge on any atom is 0.161 e. The number of hydrogen-bond donors (Lipinski definition) is 1. The number of ether oxygens (including phenoxy) is 2. The summed E-state index contributed by atoms with van der Waals surface area (Å²) in [6.07, 6.45) is 0. The summed E-state index contributed by atoms with van der Waals surface area (Å²) in [5.74, 6) is 1.46. The Bertz CT molecular complexity index is 576. The van der Waals surface area contributed by atoms with Gasteiger partial charge in [-0.25, -0.2) is 0 Å². The molecule has 114 valence electrons. The van der Waals surface area contributed by atoms with Crippen molar-refractivity contribution in [2.24, 2.45) is 0 Å². The monoisotopic (exact) mass is 327 g/mol. The van der Waals surface area contributed by atoms with Crippen LogP contribution in [0.3, 0.4) is 0 Å². The molecule has 0 amide bonds. The summed E-state index contributed by atoms with van der Waals surface area (Å²) < 4.78 is 11.2. The average molecular weight is 328 g/mol. The van der Waals surface area contributed by atoms with E-state index in [0.717, 1.165) is 29.2 Å². The summed E-state index contributed by atoms with van der Waals surface area (Å²) in [4.78, 5) is 0. The van der Waals surface area contributed by atoms with Crippen molar-refractivity contribution < 1.29 is 9.47 Å². The first-order valence-electron chi connectivity index (χ1n) is 6.41. The molecule has 0 fully saturated rings. The van der Waals surface area contributed by atoms with Gasteiger partial charge in [0.2, 0.25) is 0 Å². The Balaban J connectivity index is 0.00000220. The van der Waals surface area contributed by atoms with E-state index in [-0.39, 0.29) is 12.4 Å². The molecule has 1 N–H and O–H groups in total. The van der Waals surface area contributed by atoms with Gasteiger partial charge in [0.1, 0.15) is 6.61 Å². The largest absolute Gasteiger partial charge is 0.493 e. The van der Waals surface area contributed by atoms with E-state index in [2.05, 4.69) is 5.32 Å². The third kappa shape index (κ3) is 5.12. The van der Waals surface area contributed by atoms with Crippen LogP contribution in [-0.2, 0) is 13.2 Å². The molecule has 21 heavy (non-hydrogen) atoms. The van der Waals surface area contributed by atoms with Crippen LogP contribution >= 0.6 is 24.0 Å². The van der Waals surface area contributed by atoms with Crippen LogP contribution in [0.25, 0.3) is 0 Å². The first kappa shape index (κ1) is 17.6. The number of methoxy groups -OCH3 is 1. The Hall–Kier alpha value is -1.42. The fourth-order valence-electron chi connectivity index (χ4n) is 1.93. The highest BCUT2D eigenvalue weighted by molar-refractivity contribution is 6.30. The van der Waals surface area contributed by atoms with E-state index >= 15 is 0 Å². The molecule has 0 saturated carbocycles. The first-order valence-corrected chi connectivity index (χ1v) is 6.79. The smallest absolute Gasteiger partial charge is 0.161 e. The molecule has 0 atom stereocenters. The zero-order valence-corrected chi connectivity index (χ0v) is 13.6. The van der Waals surface area contributed by atoms with Gasteiger partial charge in [-0.2, -0.15) is 0 Å². The fraction of sp³-hybridized carbons (Fsp3) is 0.250. The third-order valence-electron chi connectivity index (χ3n) is 2.89. The molecule has 2 aromatic rings. The highest BCUT2D eigenvalue weighted by Gasteiger charge is 2.06. The molecule has 2 aromatic carbocycles. The molecule has 0 aliphatic carbocycles. The molecule has 0 saturated heterocycles. The summed E-state index contributed by atoms with van der Waals surface area (Å²) in [5.41, 5.74) is 2.18. The van der Waals surface area contributed by atoms with E-state index in [1.165, 1.54) is 0 Å². The third-order valence-corrected chi connectivity index (χ3v) is 3.13. The number of benzene rings is 2. The predicted octanol–water partition coefficient (Wildman–Crippen LogP) is 4.07. The van der Waals surface area contributed by atoms with Crippen LogP contribution in [-0.4, -0.2) is 14.2 Å². The quantitative estimate of drug-likeness (QED) is 0.867. The SMILES string of the molecule is CNCc1ccc(OCc2cccc(Cl)c2)c(OC)c1.Cl. The molecule has 5 heteroatoms. The van der Waals surface area contributed by atoms with E-state index in [1.54, 1.807) is 7.11 Å². The van der Waals surface area contributed by atoms with Crippen molar-refractivity contribution in [3.05, 3.63) is 58.6 Å². The molecule has 2 rings (SSSR count). The number of hydrogen-bond acceptors (Lipinski definition) is 3. The van der Waals surface area contributed by atoms with Crippen LogP contribution in [0.15, 0.2) is 42.5 Å². The van der Waals surface area contributed by atoms with Gasteiger partial charge in [0.25, 0.3) is 0 Å². The molecular weight excluding hydrogens is 309 g/mol. The van der Waals surface area contributed by atoms with E-state index in [1.807, 2.05) is 49.5 Å². The van der Waals surface area contributed by atoms with Gasteiger partial charge in [-0.3, -0.25) is 0 Å². The number of nitrogens with one attached hydrogen (secondary N) is 1. The standard InChI is InChI=1S/C16H18ClNO2.ClH/c1-18-10-12-6-7-15(16(9-12)19-2)20-11-13-4-3-5-14(17)8-13;/h3-9,18H,10-11H2,1-2H3;1H. The van der Waals surface area contributed by atoms with E-state index in [0.29, 0.717) is 11.6 Å². The van der Waals surface area contributed by atoms with Crippen LogP contribution < -0.4 is 14.8 Å². The van der Waals surface area contributed by atoms with Gasteiger partial charge < -0.3 is 14.8 Å². The lowest BCUT2D eigenvalue weighted by molar-refractivity contribution is 0.284. The second-order valence-corrected chi connectivity index (χ2v) is 4.87. The lowest BCUT2D eigenvalue weighted by Crippen LogP contribution is -2.05. The molecule has 0 radical (unpaired) electrons. The molecule has 0 aromatic heterocycles. The van der Waals surface area contributed by atoms with Crippen molar-refractivity contribution in [2.45, 2.75) is 13.2 Å². The van der Waals surface area contributed by atoms with Crippen molar-refractivity contribution in [2.75, 3.05) is 14.2 Å². The second-order valence-electron chi connectivity index (χ2n) is 4.43. The van der Waals surface area contributed by atoms with E-state index < -0.39 is 0 Å². The van der Waals surface area contributed by atoms with Crippen molar-refractivity contribution >= 4 is 24.0 Å². The molecule has 0 aliphatic rings. The number of rotatable bonds is 6. The van der Waals surface area contributed by atoms with Gasteiger partial charge in [-0.05, 0) is 42.4 Å². The lowest BCUT2D eigenvalue weighted by Gasteiger charge is -2.12. The molecular formula is C16H19Cl2NO2. The minimum absolute atomic E-state index is 0. The Morgan fingerprint density at radius 2 is 1.86 bits per heavy atom. The topological polar surface area (TPSA) is 30.5 Å². The van der Waals surface area contributed by atoms with Gasteiger partial charge in [-0.1, -0.05) is 29.8 Å². The van der Waals surface area contributed by atoms with Crippen molar-refractivity contribution in [3.63, 3.8) is 0 Å². The van der Waals surface area contributed by atoms with Crippen molar-refractivity contribution in [3.8, 4) is 11.5 Å². The van der Waals surface area contributed by atoms with E-state index in [9.17, 15) is 0 Å². The minimum atomic E-state index is 0.